The lowest BCUT2D eigenvalue weighted by Crippen LogP contribution is -2.47. The van der Waals surface area contributed by atoms with E-state index in [1.54, 1.807) is 0 Å². The molecule has 0 bridgehead atoms. The first-order chi connectivity index (χ1) is 7.76. The van der Waals surface area contributed by atoms with E-state index in [4.69, 9.17) is 0 Å². The van der Waals surface area contributed by atoms with Gasteiger partial charge in [-0.3, -0.25) is 0 Å². The van der Waals surface area contributed by atoms with Crippen molar-refractivity contribution in [3.8, 4) is 0 Å². The molecule has 3 N–H and O–H groups in total. The Bertz CT molecular complexity index is 214. The second kappa shape index (κ2) is 5.48. The standard InChI is InChI=1S/C13H25NO2/c15-10-13(7-3-4-8-13)9-14-11-5-1-2-6-12(11)16/h11-12,14-16H,1-10H2/t11-,12-/m1/s1. The highest BCUT2D eigenvalue weighted by atomic mass is 16.3. The second-order valence-electron chi connectivity index (χ2n) is 5.70. The normalized spacial score (nSPS) is 34.1. The quantitative estimate of drug-likeness (QED) is 0.681. The van der Waals surface area contributed by atoms with Crippen molar-refractivity contribution in [3.05, 3.63) is 0 Å². The van der Waals surface area contributed by atoms with Gasteiger partial charge in [-0.25, -0.2) is 0 Å². The lowest BCUT2D eigenvalue weighted by Gasteiger charge is -2.33. The number of nitrogens with one attached hydrogen (secondary N) is 1. The van der Waals surface area contributed by atoms with Crippen LogP contribution in [0.25, 0.3) is 0 Å². The van der Waals surface area contributed by atoms with Gasteiger partial charge in [-0.1, -0.05) is 25.7 Å². The molecule has 0 aromatic carbocycles. The third kappa shape index (κ3) is 2.76. The molecule has 3 nitrogen and oxygen atoms in total. The lowest BCUT2D eigenvalue weighted by atomic mass is 9.85. The van der Waals surface area contributed by atoms with Crippen LogP contribution in [0.5, 0.6) is 0 Å². The maximum Gasteiger partial charge on any atom is 0.0693 e. The molecule has 2 aliphatic rings. The van der Waals surface area contributed by atoms with Crippen molar-refractivity contribution in [2.75, 3.05) is 13.2 Å². The monoisotopic (exact) mass is 227 g/mol. The Labute approximate surface area is 98.2 Å². The van der Waals surface area contributed by atoms with Gasteiger partial charge in [0.2, 0.25) is 0 Å². The van der Waals surface area contributed by atoms with Crippen molar-refractivity contribution < 1.29 is 10.2 Å². The molecule has 2 saturated carbocycles. The molecule has 3 heteroatoms. The number of hydrogen-bond donors (Lipinski definition) is 3. The van der Waals surface area contributed by atoms with E-state index < -0.39 is 0 Å². The molecule has 94 valence electrons. The van der Waals surface area contributed by atoms with Gasteiger partial charge in [-0.05, 0) is 25.7 Å². The highest BCUT2D eigenvalue weighted by molar-refractivity contribution is 4.89. The van der Waals surface area contributed by atoms with Crippen molar-refractivity contribution in [1.82, 2.24) is 5.32 Å². The zero-order valence-electron chi connectivity index (χ0n) is 10.1. The summed E-state index contributed by atoms with van der Waals surface area (Å²) in [5.74, 6) is 0. The summed E-state index contributed by atoms with van der Waals surface area (Å²) in [6, 6.07) is 0.262. The van der Waals surface area contributed by atoms with Crippen LogP contribution in [0, 0.1) is 5.41 Å². The number of rotatable bonds is 4. The molecule has 0 aromatic heterocycles. The fourth-order valence-corrected chi connectivity index (χ4v) is 3.21. The van der Waals surface area contributed by atoms with Crippen LogP contribution < -0.4 is 5.32 Å². The predicted molar refractivity (Wildman–Crippen MR) is 64.3 cm³/mol. The van der Waals surface area contributed by atoms with Gasteiger partial charge < -0.3 is 15.5 Å². The van der Waals surface area contributed by atoms with Gasteiger partial charge in [0.25, 0.3) is 0 Å². The average molecular weight is 227 g/mol. The third-order valence-electron chi connectivity index (χ3n) is 4.47. The van der Waals surface area contributed by atoms with Crippen molar-refractivity contribution in [2.45, 2.75) is 63.5 Å². The number of aliphatic hydroxyl groups is 2. The minimum atomic E-state index is -0.175. The van der Waals surface area contributed by atoms with E-state index in [2.05, 4.69) is 5.32 Å². The minimum absolute atomic E-state index is 0.108. The molecule has 0 saturated heterocycles. The summed E-state index contributed by atoms with van der Waals surface area (Å²) < 4.78 is 0. The highest BCUT2D eigenvalue weighted by Gasteiger charge is 2.34. The van der Waals surface area contributed by atoms with Gasteiger partial charge in [-0.2, -0.15) is 0 Å². The summed E-state index contributed by atoms with van der Waals surface area (Å²) in [4.78, 5) is 0. The van der Waals surface area contributed by atoms with E-state index in [9.17, 15) is 10.2 Å². The molecule has 0 radical (unpaired) electrons. The van der Waals surface area contributed by atoms with Gasteiger partial charge in [0.05, 0.1) is 6.10 Å². The molecule has 2 rings (SSSR count). The summed E-state index contributed by atoms with van der Waals surface area (Å²) >= 11 is 0. The van der Waals surface area contributed by atoms with Gasteiger partial charge in [0, 0.05) is 24.6 Å². The van der Waals surface area contributed by atoms with Crippen LogP contribution in [0.15, 0.2) is 0 Å². The molecule has 0 aromatic rings. The van der Waals surface area contributed by atoms with Crippen LogP contribution in [0.1, 0.15) is 51.4 Å². The average Bonchev–Trinajstić information content (AvgIpc) is 2.78. The molecule has 16 heavy (non-hydrogen) atoms. The minimum Gasteiger partial charge on any atom is -0.396 e. The van der Waals surface area contributed by atoms with Crippen LogP contribution in [-0.2, 0) is 0 Å². The Balaban J connectivity index is 1.80. The first-order valence-corrected chi connectivity index (χ1v) is 6.78. The zero-order chi connectivity index (χ0) is 11.4. The van der Waals surface area contributed by atoms with E-state index in [0.29, 0.717) is 6.61 Å². The summed E-state index contributed by atoms with van der Waals surface area (Å²) in [6.45, 7) is 1.17. The largest absolute Gasteiger partial charge is 0.396 e. The molecule has 0 heterocycles. The number of hydrogen-bond acceptors (Lipinski definition) is 3. The molecule has 0 unspecified atom stereocenters. The van der Waals surface area contributed by atoms with Crippen LogP contribution in [0.2, 0.25) is 0 Å². The molecule has 2 aliphatic carbocycles. The maximum atomic E-state index is 9.87. The van der Waals surface area contributed by atoms with Crippen LogP contribution in [0.3, 0.4) is 0 Å². The Morgan fingerprint density at radius 1 is 1.06 bits per heavy atom. The maximum absolute atomic E-state index is 9.87. The molecule has 2 atom stereocenters. The van der Waals surface area contributed by atoms with Gasteiger partial charge in [0.1, 0.15) is 0 Å². The molecule has 0 aliphatic heterocycles. The van der Waals surface area contributed by atoms with E-state index in [0.717, 1.165) is 38.6 Å². The Kier molecular flexibility index (Phi) is 4.22. The first kappa shape index (κ1) is 12.3. The van der Waals surface area contributed by atoms with Crippen molar-refractivity contribution in [2.24, 2.45) is 5.41 Å². The topological polar surface area (TPSA) is 52.5 Å². The second-order valence-corrected chi connectivity index (χ2v) is 5.70. The van der Waals surface area contributed by atoms with Gasteiger partial charge in [-0.15, -0.1) is 0 Å². The molecule has 2 fully saturated rings. The van der Waals surface area contributed by atoms with Gasteiger partial charge in [0.15, 0.2) is 0 Å². The zero-order valence-corrected chi connectivity index (χ0v) is 10.1. The van der Waals surface area contributed by atoms with Crippen molar-refractivity contribution in [3.63, 3.8) is 0 Å². The molecular weight excluding hydrogens is 202 g/mol. The summed E-state index contributed by atoms with van der Waals surface area (Å²) in [6.07, 6.45) is 8.99. The van der Waals surface area contributed by atoms with Crippen LogP contribution in [0.4, 0.5) is 0 Å². The summed E-state index contributed by atoms with van der Waals surface area (Å²) in [5.41, 5.74) is 0.108. The van der Waals surface area contributed by atoms with E-state index in [1.165, 1.54) is 19.3 Å². The van der Waals surface area contributed by atoms with E-state index in [-0.39, 0.29) is 17.6 Å². The highest BCUT2D eigenvalue weighted by Crippen LogP contribution is 2.37. The molecular formula is C13H25NO2. The molecule has 0 spiro atoms. The SMILES string of the molecule is OCC1(CN[C@@H]2CCCC[C@H]2O)CCCC1. The van der Waals surface area contributed by atoms with Crippen LogP contribution >= 0.6 is 0 Å². The molecule has 0 amide bonds. The van der Waals surface area contributed by atoms with Crippen LogP contribution in [-0.4, -0.2) is 35.5 Å². The third-order valence-corrected chi connectivity index (χ3v) is 4.47. The fourth-order valence-electron chi connectivity index (χ4n) is 3.21. The van der Waals surface area contributed by atoms with E-state index in [1.807, 2.05) is 0 Å². The first-order valence-electron chi connectivity index (χ1n) is 6.78. The number of aliphatic hydroxyl groups excluding tert-OH is 2. The lowest BCUT2D eigenvalue weighted by molar-refractivity contribution is 0.0708. The Hall–Kier alpha value is -0.120. The Morgan fingerprint density at radius 3 is 2.38 bits per heavy atom. The Morgan fingerprint density at radius 2 is 1.75 bits per heavy atom. The smallest absolute Gasteiger partial charge is 0.0693 e. The summed E-state index contributed by atoms with van der Waals surface area (Å²) in [7, 11) is 0. The predicted octanol–water partition coefficient (Wildman–Crippen LogP) is 1.43. The van der Waals surface area contributed by atoms with E-state index >= 15 is 0 Å². The summed E-state index contributed by atoms with van der Waals surface area (Å²) in [5, 5.41) is 22.9. The van der Waals surface area contributed by atoms with Crippen molar-refractivity contribution >= 4 is 0 Å². The van der Waals surface area contributed by atoms with Gasteiger partial charge >= 0.3 is 0 Å². The fraction of sp³-hybridized carbons (Fsp3) is 1.00. The van der Waals surface area contributed by atoms with Crippen molar-refractivity contribution in [1.29, 1.82) is 0 Å².